The number of fused-ring (bicyclic) bond motifs is 3. The fourth-order valence-corrected chi connectivity index (χ4v) is 3.12. The largest absolute Gasteiger partial charge is 0.449 e. The van der Waals surface area contributed by atoms with Gasteiger partial charge in [0.25, 0.3) is 0 Å². The van der Waals surface area contributed by atoms with Crippen LogP contribution < -0.4 is 15.8 Å². The minimum atomic E-state index is 0.0547. The van der Waals surface area contributed by atoms with E-state index in [0.717, 1.165) is 16.6 Å². The Morgan fingerprint density at radius 2 is 2.18 bits per heavy atom. The van der Waals surface area contributed by atoms with Crippen LogP contribution in [-0.2, 0) is 7.05 Å². The van der Waals surface area contributed by atoms with Gasteiger partial charge in [0.2, 0.25) is 5.71 Å². The zero-order valence-electron chi connectivity index (χ0n) is 12.9. The van der Waals surface area contributed by atoms with Gasteiger partial charge in [0.1, 0.15) is 12.7 Å². The van der Waals surface area contributed by atoms with E-state index in [1.54, 1.807) is 6.20 Å². The van der Waals surface area contributed by atoms with Gasteiger partial charge in [-0.2, -0.15) is 0 Å². The van der Waals surface area contributed by atoms with Crippen molar-refractivity contribution in [3.8, 4) is 0 Å². The molecule has 0 spiro atoms. The van der Waals surface area contributed by atoms with Gasteiger partial charge in [-0.1, -0.05) is 0 Å². The van der Waals surface area contributed by atoms with Crippen LogP contribution in [0.4, 0.5) is 0 Å². The van der Waals surface area contributed by atoms with Crippen LogP contribution in [0, 0.1) is 6.92 Å². The van der Waals surface area contributed by atoms with Crippen molar-refractivity contribution in [1.29, 1.82) is 0 Å². The molecule has 0 saturated heterocycles. The van der Waals surface area contributed by atoms with E-state index in [2.05, 4.69) is 72.1 Å². The van der Waals surface area contributed by atoms with E-state index in [9.17, 15) is 0 Å². The molecule has 3 aromatic rings. The van der Waals surface area contributed by atoms with Gasteiger partial charge in [-0.3, -0.25) is 0 Å². The van der Waals surface area contributed by atoms with E-state index < -0.39 is 0 Å². The Kier molecular flexibility index (Phi) is 2.82. The minimum Gasteiger partial charge on any atom is -0.449 e. The molecule has 0 radical (unpaired) electrons. The molecule has 22 heavy (non-hydrogen) atoms. The van der Waals surface area contributed by atoms with Gasteiger partial charge in [-0.05, 0) is 43.9 Å². The maximum absolute atomic E-state index is 6.11. The van der Waals surface area contributed by atoms with Crippen LogP contribution in [0.1, 0.15) is 11.1 Å². The Balaban J connectivity index is 1.98. The van der Waals surface area contributed by atoms with Crippen molar-refractivity contribution < 1.29 is 8.98 Å². The summed E-state index contributed by atoms with van der Waals surface area (Å²) in [7, 11) is 4.15. The van der Waals surface area contributed by atoms with Crippen LogP contribution >= 0.6 is 0 Å². The van der Waals surface area contributed by atoms with Gasteiger partial charge in [0, 0.05) is 29.3 Å². The van der Waals surface area contributed by atoms with Gasteiger partial charge >= 0.3 is 6.85 Å². The van der Waals surface area contributed by atoms with Crippen molar-refractivity contribution in [2.24, 2.45) is 7.05 Å². The molecule has 0 aromatic carbocycles. The third-order valence-corrected chi connectivity index (χ3v) is 4.29. The van der Waals surface area contributed by atoms with Crippen LogP contribution in [0.5, 0.6) is 0 Å². The molecule has 0 saturated carbocycles. The number of pyridine rings is 2. The number of aryl methyl sites for hydroxylation is 2. The highest BCUT2D eigenvalue weighted by molar-refractivity contribution is 6.82. The number of rotatable bonds is 1. The summed E-state index contributed by atoms with van der Waals surface area (Å²) >= 11 is 0. The molecule has 4 heterocycles. The van der Waals surface area contributed by atoms with E-state index >= 15 is 0 Å². The predicted octanol–water partition coefficient (Wildman–Crippen LogP) is 0.983. The normalized spacial score (nSPS) is 13.8. The molecule has 0 unspecified atom stereocenters. The van der Waals surface area contributed by atoms with Gasteiger partial charge < -0.3 is 9.23 Å². The van der Waals surface area contributed by atoms with Crippen LogP contribution in [0.2, 0.25) is 0 Å². The quantitative estimate of drug-likeness (QED) is 0.495. The summed E-state index contributed by atoms with van der Waals surface area (Å²) in [4.78, 5) is 6.53. The molecule has 0 aliphatic carbocycles. The monoisotopic (exact) mass is 290 g/mol. The molecule has 3 aromatic heterocycles. The Labute approximate surface area is 129 Å². The summed E-state index contributed by atoms with van der Waals surface area (Å²) in [6, 6.07) is 8.34. The lowest BCUT2D eigenvalue weighted by molar-refractivity contribution is -0.654. The van der Waals surface area contributed by atoms with Gasteiger partial charge in [0.15, 0.2) is 11.8 Å². The molecule has 4 rings (SSSR count). The number of aromatic nitrogens is 2. The van der Waals surface area contributed by atoms with Crippen molar-refractivity contribution >= 4 is 35.3 Å². The molecule has 0 bridgehead atoms. The molecule has 1 aliphatic heterocycles. The molecule has 0 fully saturated rings. The highest BCUT2D eigenvalue weighted by Gasteiger charge is 2.39. The smallest absolute Gasteiger partial charge is 0.443 e. The van der Waals surface area contributed by atoms with E-state index in [1.165, 1.54) is 11.2 Å². The summed E-state index contributed by atoms with van der Waals surface area (Å²) in [5.41, 5.74) is 5.24. The Bertz CT molecular complexity index is 900. The van der Waals surface area contributed by atoms with Crippen molar-refractivity contribution in [1.82, 2.24) is 9.79 Å². The molecule has 0 N–H and O–H groups in total. The van der Waals surface area contributed by atoms with E-state index in [1.807, 2.05) is 6.07 Å². The minimum absolute atomic E-state index is 0.0547. The van der Waals surface area contributed by atoms with Crippen LogP contribution in [0.25, 0.3) is 17.2 Å². The molecule has 0 atom stereocenters. The summed E-state index contributed by atoms with van der Waals surface area (Å²) in [5.74, 6) is 0. The first-order chi connectivity index (χ1) is 10.6. The summed E-state index contributed by atoms with van der Waals surface area (Å²) in [6.45, 7) is 2.17. The standard InChI is InChI=1S/C17H17BN3O/c1-12-6-9-20(2)15(11-12)18-16-13(7-10-21(18)3)14-5-4-8-19-17(14)22-16/h4-11H,1-3H3/q+1. The van der Waals surface area contributed by atoms with E-state index in [0.29, 0.717) is 5.71 Å². The third-order valence-electron chi connectivity index (χ3n) is 4.29. The maximum Gasteiger partial charge on any atom is 0.443 e. The second-order valence-corrected chi connectivity index (χ2v) is 5.86. The van der Waals surface area contributed by atoms with Crippen LogP contribution in [0.15, 0.2) is 47.3 Å². The average molecular weight is 290 g/mol. The van der Waals surface area contributed by atoms with Gasteiger partial charge in [-0.25, -0.2) is 9.55 Å². The first-order valence-corrected chi connectivity index (χ1v) is 7.39. The summed E-state index contributed by atoms with van der Waals surface area (Å²) < 4.78 is 8.26. The lowest BCUT2D eigenvalue weighted by atomic mass is 9.52. The first kappa shape index (κ1) is 13.1. The third kappa shape index (κ3) is 1.85. The number of furan rings is 1. The average Bonchev–Trinajstić information content (AvgIpc) is 2.88. The second-order valence-electron chi connectivity index (χ2n) is 5.86. The molecule has 5 heteroatoms. The predicted molar refractivity (Wildman–Crippen MR) is 88.2 cm³/mol. The highest BCUT2D eigenvalue weighted by atomic mass is 16.3. The van der Waals surface area contributed by atoms with Gasteiger partial charge in [-0.15, -0.1) is 0 Å². The fourth-order valence-electron chi connectivity index (χ4n) is 3.12. The summed E-state index contributed by atoms with van der Waals surface area (Å²) in [6.07, 6.45) is 8.08. The summed E-state index contributed by atoms with van der Waals surface area (Å²) in [5, 5.41) is 1.07. The number of hydrogen-bond acceptors (Lipinski definition) is 3. The van der Waals surface area contributed by atoms with Crippen molar-refractivity contribution in [2.75, 3.05) is 7.05 Å². The SMILES string of the molecule is Cc1cc[n+](C)c(B2c3oc4ncccc4c3C=CN2C)c1. The topological polar surface area (TPSA) is 33.1 Å². The Hall–Kier alpha value is -2.56. The van der Waals surface area contributed by atoms with Crippen molar-refractivity contribution in [3.63, 3.8) is 0 Å². The lowest BCUT2D eigenvalue weighted by Gasteiger charge is -2.23. The highest BCUT2D eigenvalue weighted by Crippen LogP contribution is 2.22. The number of hydrogen-bond donors (Lipinski definition) is 0. The van der Waals surface area contributed by atoms with E-state index in [4.69, 9.17) is 4.42 Å². The molecule has 1 aliphatic rings. The first-order valence-electron chi connectivity index (χ1n) is 7.39. The molecular weight excluding hydrogens is 273 g/mol. The Morgan fingerprint density at radius 3 is 3.05 bits per heavy atom. The molecule has 4 nitrogen and oxygen atoms in total. The molecular formula is C17H17BN3O+. The molecule has 108 valence electrons. The van der Waals surface area contributed by atoms with Crippen LogP contribution in [-0.4, -0.2) is 23.7 Å². The van der Waals surface area contributed by atoms with Crippen LogP contribution in [0.3, 0.4) is 0 Å². The molecule has 0 amide bonds. The maximum atomic E-state index is 6.11. The fraction of sp³-hybridized carbons (Fsp3) is 0.176. The van der Waals surface area contributed by atoms with Gasteiger partial charge in [0.05, 0.1) is 0 Å². The number of nitrogens with zero attached hydrogens (tertiary/aromatic N) is 3. The Morgan fingerprint density at radius 1 is 1.32 bits per heavy atom. The van der Waals surface area contributed by atoms with Crippen molar-refractivity contribution in [3.05, 3.63) is 54.0 Å². The van der Waals surface area contributed by atoms with Crippen molar-refractivity contribution in [2.45, 2.75) is 6.92 Å². The zero-order chi connectivity index (χ0) is 15.3. The van der Waals surface area contributed by atoms with E-state index in [-0.39, 0.29) is 6.85 Å². The zero-order valence-corrected chi connectivity index (χ0v) is 12.9. The second kappa shape index (κ2) is 4.73. The lowest BCUT2D eigenvalue weighted by Crippen LogP contribution is -2.65.